The van der Waals surface area contributed by atoms with E-state index in [0.29, 0.717) is 0 Å². The molecule has 1 aromatic heterocycles. The van der Waals surface area contributed by atoms with Gasteiger partial charge in [-0.1, -0.05) is 11.6 Å². The van der Waals surface area contributed by atoms with Gasteiger partial charge in [0.2, 0.25) is 0 Å². The molecular weight excluding hydrogens is 212 g/mol. The predicted octanol–water partition coefficient (Wildman–Crippen LogP) is 1.38. The van der Waals surface area contributed by atoms with E-state index < -0.39 is 0 Å². The maximum Gasteiger partial charge on any atom is 0.0834 e. The summed E-state index contributed by atoms with van der Waals surface area (Å²) in [7, 11) is 6.04. The molecule has 0 saturated heterocycles. The lowest BCUT2D eigenvalue weighted by atomic mass is 10.2. The van der Waals surface area contributed by atoms with Crippen molar-refractivity contribution in [1.82, 2.24) is 20.0 Å². The molecule has 0 amide bonds. The summed E-state index contributed by atoms with van der Waals surface area (Å²) >= 11 is 6.14. The van der Waals surface area contributed by atoms with Gasteiger partial charge in [0, 0.05) is 13.1 Å². The average molecular weight is 231 g/mol. The van der Waals surface area contributed by atoms with Crippen LogP contribution in [-0.2, 0) is 6.54 Å². The highest BCUT2D eigenvalue weighted by Gasteiger charge is 2.18. The summed E-state index contributed by atoms with van der Waals surface area (Å²) in [5, 5.41) is 8.24. The maximum absolute atomic E-state index is 6.14. The molecule has 0 aliphatic rings. The van der Waals surface area contributed by atoms with E-state index in [1.165, 1.54) is 0 Å². The SMILES string of the molecule is CCn1ncc(Cl)c1C(CN(C)C)NC. The van der Waals surface area contributed by atoms with E-state index in [9.17, 15) is 0 Å². The highest BCUT2D eigenvalue weighted by molar-refractivity contribution is 6.31. The standard InChI is InChI=1S/C10H19ClN4/c1-5-15-10(8(11)6-13-15)9(12-2)7-14(3)4/h6,9,12H,5,7H2,1-4H3. The van der Waals surface area contributed by atoms with Gasteiger partial charge in [0.1, 0.15) is 0 Å². The fraction of sp³-hybridized carbons (Fsp3) is 0.700. The maximum atomic E-state index is 6.14. The number of aryl methyl sites for hydroxylation is 1. The van der Waals surface area contributed by atoms with Crippen molar-refractivity contribution in [3.63, 3.8) is 0 Å². The van der Waals surface area contributed by atoms with Gasteiger partial charge in [-0.05, 0) is 28.1 Å². The summed E-state index contributed by atoms with van der Waals surface area (Å²) in [5.74, 6) is 0. The Labute approximate surface area is 96.2 Å². The van der Waals surface area contributed by atoms with Gasteiger partial charge in [0.05, 0.1) is 23.0 Å². The highest BCUT2D eigenvalue weighted by Crippen LogP contribution is 2.22. The molecule has 15 heavy (non-hydrogen) atoms. The quantitative estimate of drug-likeness (QED) is 0.830. The topological polar surface area (TPSA) is 33.1 Å². The first kappa shape index (κ1) is 12.5. The zero-order chi connectivity index (χ0) is 11.4. The minimum atomic E-state index is 0.218. The third-order valence-electron chi connectivity index (χ3n) is 2.36. The van der Waals surface area contributed by atoms with Gasteiger partial charge in [-0.2, -0.15) is 5.10 Å². The van der Waals surface area contributed by atoms with Crippen molar-refractivity contribution in [2.75, 3.05) is 27.7 Å². The summed E-state index contributed by atoms with van der Waals surface area (Å²) in [6.07, 6.45) is 1.71. The number of nitrogens with zero attached hydrogens (tertiary/aromatic N) is 3. The van der Waals surface area contributed by atoms with Crippen LogP contribution in [0.3, 0.4) is 0 Å². The minimum absolute atomic E-state index is 0.218. The van der Waals surface area contributed by atoms with Gasteiger partial charge in [0.25, 0.3) is 0 Å². The van der Waals surface area contributed by atoms with E-state index in [2.05, 4.69) is 22.2 Å². The van der Waals surface area contributed by atoms with Crippen LogP contribution in [0.15, 0.2) is 6.20 Å². The van der Waals surface area contributed by atoms with E-state index in [-0.39, 0.29) is 6.04 Å². The van der Waals surface area contributed by atoms with Gasteiger partial charge in [-0.15, -0.1) is 0 Å². The second kappa shape index (κ2) is 5.49. The zero-order valence-corrected chi connectivity index (χ0v) is 10.5. The van der Waals surface area contributed by atoms with Crippen LogP contribution >= 0.6 is 11.6 Å². The van der Waals surface area contributed by atoms with Crippen molar-refractivity contribution in [3.8, 4) is 0 Å². The van der Waals surface area contributed by atoms with Crippen molar-refractivity contribution < 1.29 is 0 Å². The molecule has 86 valence electrons. The number of likely N-dealkylation sites (N-methyl/N-ethyl adjacent to an activating group) is 2. The zero-order valence-electron chi connectivity index (χ0n) is 9.79. The molecule has 0 saturated carbocycles. The molecule has 0 aliphatic carbocycles. The van der Waals surface area contributed by atoms with Gasteiger partial charge in [-0.3, -0.25) is 4.68 Å². The monoisotopic (exact) mass is 230 g/mol. The second-order valence-electron chi connectivity index (χ2n) is 3.80. The van der Waals surface area contributed by atoms with Crippen LogP contribution in [0.5, 0.6) is 0 Å². The molecule has 0 radical (unpaired) electrons. The van der Waals surface area contributed by atoms with Crippen molar-refractivity contribution >= 4 is 11.6 Å². The smallest absolute Gasteiger partial charge is 0.0834 e. The minimum Gasteiger partial charge on any atom is -0.311 e. The molecule has 1 rings (SSSR count). The van der Waals surface area contributed by atoms with Gasteiger partial charge < -0.3 is 10.2 Å². The fourth-order valence-electron chi connectivity index (χ4n) is 1.65. The van der Waals surface area contributed by atoms with Crippen LogP contribution in [-0.4, -0.2) is 42.4 Å². The largest absolute Gasteiger partial charge is 0.311 e. The number of hydrogen-bond acceptors (Lipinski definition) is 3. The van der Waals surface area contributed by atoms with Crippen LogP contribution in [0, 0.1) is 0 Å². The first-order valence-corrected chi connectivity index (χ1v) is 5.51. The molecule has 1 unspecified atom stereocenters. The molecule has 1 N–H and O–H groups in total. The Morgan fingerprint density at radius 1 is 1.60 bits per heavy atom. The molecule has 0 bridgehead atoms. The Hall–Kier alpha value is -0.580. The van der Waals surface area contributed by atoms with E-state index in [4.69, 9.17) is 11.6 Å². The van der Waals surface area contributed by atoms with E-state index in [0.717, 1.165) is 23.8 Å². The Balaban J connectivity index is 2.94. The van der Waals surface area contributed by atoms with Gasteiger partial charge >= 0.3 is 0 Å². The van der Waals surface area contributed by atoms with Crippen LogP contribution in [0.25, 0.3) is 0 Å². The lowest BCUT2D eigenvalue weighted by molar-refractivity contribution is 0.341. The number of halogens is 1. The molecule has 4 nitrogen and oxygen atoms in total. The average Bonchev–Trinajstić information content (AvgIpc) is 2.56. The Morgan fingerprint density at radius 2 is 2.27 bits per heavy atom. The van der Waals surface area contributed by atoms with Crippen LogP contribution in [0.1, 0.15) is 18.7 Å². The number of hydrogen-bond donors (Lipinski definition) is 1. The van der Waals surface area contributed by atoms with Crippen molar-refractivity contribution in [1.29, 1.82) is 0 Å². The molecule has 5 heteroatoms. The van der Waals surface area contributed by atoms with Gasteiger partial charge in [0.15, 0.2) is 0 Å². The second-order valence-corrected chi connectivity index (χ2v) is 4.20. The van der Waals surface area contributed by atoms with Crippen molar-refractivity contribution in [2.24, 2.45) is 0 Å². The Kier molecular flexibility index (Phi) is 4.57. The van der Waals surface area contributed by atoms with Crippen molar-refractivity contribution in [2.45, 2.75) is 19.5 Å². The molecule has 0 aromatic carbocycles. The van der Waals surface area contributed by atoms with Crippen LogP contribution < -0.4 is 5.32 Å². The number of nitrogens with one attached hydrogen (secondary N) is 1. The van der Waals surface area contributed by atoms with Crippen LogP contribution in [0.4, 0.5) is 0 Å². The molecule has 1 aromatic rings. The lowest BCUT2D eigenvalue weighted by Crippen LogP contribution is -2.30. The molecule has 1 heterocycles. The highest BCUT2D eigenvalue weighted by atomic mass is 35.5. The normalized spacial score (nSPS) is 13.5. The van der Waals surface area contributed by atoms with Crippen LogP contribution in [0.2, 0.25) is 5.02 Å². The lowest BCUT2D eigenvalue weighted by Gasteiger charge is -2.21. The summed E-state index contributed by atoms with van der Waals surface area (Å²) in [5.41, 5.74) is 1.07. The van der Waals surface area contributed by atoms with E-state index >= 15 is 0 Å². The Morgan fingerprint density at radius 3 is 2.73 bits per heavy atom. The third-order valence-corrected chi connectivity index (χ3v) is 2.65. The summed E-state index contributed by atoms with van der Waals surface area (Å²) < 4.78 is 1.94. The first-order valence-electron chi connectivity index (χ1n) is 5.13. The summed E-state index contributed by atoms with van der Waals surface area (Å²) in [4.78, 5) is 2.13. The predicted molar refractivity (Wildman–Crippen MR) is 63.3 cm³/mol. The molecule has 0 aliphatic heterocycles. The summed E-state index contributed by atoms with van der Waals surface area (Å²) in [6.45, 7) is 3.81. The molecule has 1 atom stereocenters. The number of aromatic nitrogens is 2. The van der Waals surface area contributed by atoms with E-state index in [1.54, 1.807) is 6.20 Å². The molecular formula is C10H19ClN4. The summed E-state index contributed by atoms with van der Waals surface area (Å²) in [6, 6.07) is 0.218. The first-order chi connectivity index (χ1) is 7.10. The molecule has 0 spiro atoms. The van der Waals surface area contributed by atoms with Crippen molar-refractivity contribution in [3.05, 3.63) is 16.9 Å². The number of rotatable bonds is 5. The van der Waals surface area contributed by atoms with E-state index in [1.807, 2.05) is 25.8 Å². The third kappa shape index (κ3) is 2.93. The van der Waals surface area contributed by atoms with Gasteiger partial charge in [-0.25, -0.2) is 0 Å². The fourth-order valence-corrected chi connectivity index (χ4v) is 1.92. The Bertz CT molecular complexity index is 308. The molecule has 0 fully saturated rings.